The molecule has 2 aromatic rings. The van der Waals surface area contributed by atoms with Gasteiger partial charge in [-0.2, -0.15) is 5.10 Å². The minimum absolute atomic E-state index is 0.113. The number of hydrogen-bond acceptors (Lipinski definition) is 3. The maximum Gasteiger partial charge on any atom is 0.315 e. The Morgan fingerprint density at radius 3 is 2.72 bits per heavy atom. The van der Waals surface area contributed by atoms with E-state index in [4.69, 9.17) is 0 Å². The third kappa shape index (κ3) is 4.39. The molecule has 0 saturated carbocycles. The minimum Gasteiger partial charge on any atom is -0.334 e. The van der Waals surface area contributed by atoms with E-state index in [-0.39, 0.29) is 12.1 Å². The third-order valence-corrected chi connectivity index (χ3v) is 4.96. The van der Waals surface area contributed by atoms with Gasteiger partial charge in [0.15, 0.2) is 0 Å². The molecule has 2 heterocycles. The predicted molar refractivity (Wildman–Crippen MR) is 98.1 cm³/mol. The van der Waals surface area contributed by atoms with Gasteiger partial charge in [0.05, 0.1) is 5.69 Å². The highest BCUT2D eigenvalue weighted by Gasteiger charge is 2.30. The number of aromatic amines is 1. The van der Waals surface area contributed by atoms with Crippen LogP contribution in [0.1, 0.15) is 29.4 Å². The highest BCUT2D eigenvalue weighted by Crippen LogP contribution is 2.19. The number of carbonyl (C=O) groups is 1. The summed E-state index contributed by atoms with van der Waals surface area (Å²) in [5, 5.41) is 13.2. The Labute approximate surface area is 149 Å². The SMILES string of the molecule is Cc1n[nH]c(C)c1CNC(=O)N[C@@H]1CN(Cc2ccccc2)C[C@H]1C. The van der Waals surface area contributed by atoms with Gasteiger partial charge >= 0.3 is 6.03 Å². The van der Waals surface area contributed by atoms with Gasteiger partial charge in [-0.05, 0) is 25.3 Å². The first-order chi connectivity index (χ1) is 12.0. The van der Waals surface area contributed by atoms with Crippen LogP contribution in [-0.2, 0) is 13.1 Å². The number of benzene rings is 1. The number of hydrogen-bond donors (Lipinski definition) is 3. The average molecular weight is 341 g/mol. The van der Waals surface area contributed by atoms with Gasteiger partial charge in [0.1, 0.15) is 0 Å². The van der Waals surface area contributed by atoms with Gasteiger partial charge < -0.3 is 10.6 Å². The maximum atomic E-state index is 12.3. The van der Waals surface area contributed by atoms with Crippen LogP contribution in [0.25, 0.3) is 0 Å². The molecule has 0 aliphatic carbocycles. The molecule has 25 heavy (non-hydrogen) atoms. The summed E-state index contributed by atoms with van der Waals surface area (Å²) in [4.78, 5) is 14.7. The van der Waals surface area contributed by atoms with Gasteiger partial charge in [-0.1, -0.05) is 37.3 Å². The standard InChI is InChI=1S/C19H27N5O/c1-13-10-24(11-16-7-5-4-6-8-16)12-18(13)21-19(25)20-9-17-14(2)22-23-15(17)3/h4-8,13,18H,9-12H2,1-3H3,(H,22,23)(H2,20,21,25)/t13-,18-/m1/s1. The topological polar surface area (TPSA) is 73.0 Å². The fourth-order valence-corrected chi connectivity index (χ4v) is 3.45. The Morgan fingerprint density at radius 2 is 2.04 bits per heavy atom. The number of nitrogens with one attached hydrogen (secondary N) is 3. The summed E-state index contributed by atoms with van der Waals surface area (Å²) in [7, 11) is 0. The lowest BCUT2D eigenvalue weighted by molar-refractivity contribution is 0.234. The molecule has 1 fully saturated rings. The van der Waals surface area contributed by atoms with Crippen LogP contribution in [0.15, 0.2) is 30.3 Å². The quantitative estimate of drug-likeness (QED) is 0.782. The first kappa shape index (κ1) is 17.5. The maximum absolute atomic E-state index is 12.3. The van der Waals surface area contributed by atoms with Crippen molar-refractivity contribution in [1.82, 2.24) is 25.7 Å². The van der Waals surface area contributed by atoms with Crippen LogP contribution < -0.4 is 10.6 Å². The smallest absolute Gasteiger partial charge is 0.315 e. The van der Waals surface area contributed by atoms with Crippen molar-refractivity contribution in [2.75, 3.05) is 13.1 Å². The van der Waals surface area contributed by atoms with Crippen molar-refractivity contribution < 1.29 is 4.79 Å². The van der Waals surface area contributed by atoms with E-state index in [9.17, 15) is 4.79 Å². The number of nitrogens with zero attached hydrogens (tertiary/aromatic N) is 2. The molecule has 3 rings (SSSR count). The molecule has 1 aromatic heterocycles. The van der Waals surface area contributed by atoms with Crippen LogP contribution in [-0.4, -0.2) is 40.3 Å². The first-order valence-corrected chi connectivity index (χ1v) is 8.84. The van der Waals surface area contributed by atoms with Crippen molar-refractivity contribution in [1.29, 1.82) is 0 Å². The molecule has 1 saturated heterocycles. The number of rotatable bonds is 5. The number of likely N-dealkylation sites (tertiary alicyclic amines) is 1. The second-order valence-corrected chi connectivity index (χ2v) is 7.00. The molecule has 0 spiro atoms. The molecule has 1 aliphatic heterocycles. The highest BCUT2D eigenvalue weighted by molar-refractivity contribution is 5.74. The van der Waals surface area contributed by atoms with E-state index in [1.807, 2.05) is 19.9 Å². The van der Waals surface area contributed by atoms with Gasteiger partial charge in [0, 0.05) is 43.5 Å². The van der Waals surface area contributed by atoms with Crippen LogP contribution in [0.4, 0.5) is 4.79 Å². The molecule has 6 heteroatoms. The van der Waals surface area contributed by atoms with Crippen LogP contribution in [0.3, 0.4) is 0 Å². The van der Waals surface area contributed by atoms with E-state index in [2.05, 4.69) is 56.9 Å². The number of urea groups is 1. The van der Waals surface area contributed by atoms with E-state index in [1.165, 1.54) is 5.56 Å². The molecule has 2 amide bonds. The Bertz CT molecular complexity index is 692. The number of aromatic nitrogens is 2. The van der Waals surface area contributed by atoms with E-state index < -0.39 is 0 Å². The summed E-state index contributed by atoms with van der Waals surface area (Å²) in [5.41, 5.74) is 4.30. The Morgan fingerprint density at radius 1 is 1.28 bits per heavy atom. The summed E-state index contributed by atoms with van der Waals surface area (Å²) < 4.78 is 0. The fraction of sp³-hybridized carbons (Fsp3) is 0.474. The Balaban J connectivity index is 1.48. The molecular weight excluding hydrogens is 314 g/mol. The molecule has 0 bridgehead atoms. The third-order valence-electron chi connectivity index (χ3n) is 4.96. The summed E-state index contributed by atoms with van der Waals surface area (Å²) in [5.74, 6) is 0.437. The molecule has 0 unspecified atom stereocenters. The van der Waals surface area contributed by atoms with E-state index in [0.29, 0.717) is 12.5 Å². The Hall–Kier alpha value is -2.34. The zero-order chi connectivity index (χ0) is 17.8. The van der Waals surface area contributed by atoms with Crippen molar-refractivity contribution in [3.8, 4) is 0 Å². The van der Waals surface area contributed by atoms with Gasteiger partial charge in [0.25, 0.3) is 0 Å². The van der Waals surface area contributed by atoms with Crippen molar-refractivity contribution in [2.45, 2.75) is 39.9 Å². The number of H-pyrrole nitrogens is 1. The van der Waals surface area contributed by atoms with Crippen LogP contribution in [0, 0.1) is 19.8 Å². The van der Waals surface area contributed by atoms with Gasteiger partial charge in [-0.25, -0.2) is 4.79 Å². The lowest BCUT2D eigenvalue weighted by atomic mass is 10.1. The van der Waals surface area contributed by atoms with E-state index in [1.54, 1.807) is 0 Å². The van der Waals surface area contributed by atoms with Gasteiger partial charge in [0.2, 0.25) is 0 Å². The average Bonchev–Trinajstić information content (AvgIpc) is 3.09. The van der Waals surface area contributed by atoms with Crippen molar-refractivity contribution >= 4 is 6.03 Å². The molecule has 1 aliphatic rings. The number of aryl methyl sites for hydroxylation is 2. The van der Waals surface area contributed by atoms with E-state index >= 15 is 0 Å². The molecular formula is C19H27N5O. The second-order valence-electron chi connectivity index (χ2n) is 7.00. The van der Waals surface area contributed by atoms with Crippen LogP contribution in [0.5, 0.6) is 0 Å². The zero-order valence-corrected chi connectivity index (χ0v) is 15.2. The lowest BCUT2D eigenvalue weighted by Crippen LogP contribution is -2.45. The number of carbonyl (C=O) groups excluding carboxylic acids is 1. The summed E-state index contributed by atoms with van der Waals surface area (Å²) in [6.07, 6.45) is 0. The van der Waals surface area contributed by atoms with Gasteiger partial charge in [-0.3, -0.25) is 10.00 Å². The normalized spacial score (nSPS) is 20.6. The molecule has 2 atom stereocenters. The monoisotopic (exact) mass is 341 g/mol. The number of amides is 2. The summed E-state index contributed by atoms with van der Waals surface area (Å²) in [6, 6.07) is 10.5. The Kier molecular flexibility index (Phi) is 5.38. The molecule has 6 nitrogen and oxygen atoms in total. The predicted octanol–water partition coefficient (Wildman–Crippen LogP) is 2.35. The zero-order valence-electron chi connectivity index (χ0n) is 15.2. The minimum atomic E-state index is -0.113. The van der Waals surface area contributed by atoms with E-state index in [0.717, 1.165) is 36.6 Å². The molecule has 3 N–H and O–H groups in total. The van der Waals surface area contributed by atoms with Crippen molar-refractivity contribution in [3.05, 3.63) is 52.8 Å². The molecule has 1 aromatic carbocycles. The largest absolute Gasteiger partial charge is 0.334 e. The fourth-order valence-electron chi connectivity index (χ4n) is 3.45. The van der Waals surface area contributed by atoms with Crippen molar-refractivity contribution in [2.24, 2.45) is 5.92 Å². The highest BCUT2D eigenvalue weighted by atomic mass is 16.2. The first-order valence-electron chi connectivity index (χ1n) is 8.84. The van der Waals surface area contributed by atoms with Gasteiger partial charge in [-0.15, -0.1) is 0 Å². The van der Waals surface area contributed by atoms with Crippen molar-refractivity contribution in [3.63, 3.8) is 0 Å². The summed E-state index contributed by atoms with van der Waals surface area (Å²) >= 11 is 0. The molecule has 0 radical (unpaired) electrons. The second kappa shape index (κ2) is 7.70. The van der Waals surface area contributed by atoms with Crippen LogP contribution in [0.2, 0.25) is 0 Å². The summed E-state index contributed by atoms with van der Waals surface area (Å²) in [6.45, 7) is 9.41. The molecule has 134 valence electrons. The lowest BCUT2D eigenvalue weighted by Gasteiger charge is -2.18. The van der Waals surface area contributed by atoms with Crippen LogP contribution >= 0.6 is 0 Å².